The molecule has 0 saturated carbocycles. The number of carbonyl (C=O) groups excluding carboxylic acids is 1. The first-order valence-electron chi connectivity index (χ1n) is 6.51. The zero-order valence-corrected chi connectivity index (χ0v) is 12.8. The van der Waals surface area contributed by atoms with Gasteiger partial charge in [-0.25, -0.2) is 14.8 Å². The molecule has 2 aromatic rings. The number of benzene rings is 1. The van der Waals surface area contributed by atoms with Crippen molar-refractivity contribution in [3.8, 4) is 0 Å². The van der Waals surface area contributed by atoms with Crippen LogP contribution in [0, 0.1) is 6.92 Å². The quantitative estimate of drug-likeness (QED) is 0.919. The topological polar surface area (TPSA) is 53.5 Å². The van der Waals surface area contributed by atoms with E-state index in [1.807, 2.05) is 41.0 Å². The van der Waals surface area contributed by atoms with Crippen LogP contribution in [0.2, 0.25) is 0 Å². The number of urea groups is 1. The van der Waals surface area contributed by atoms with Crippen molar-refractivity contribution in [2.45, 2.75) is 13.5 Å². The summed E-state index contributed by atoms with van der Waals surface area (Å²) in [5, 5.41) is 0. The van der Waals surface area contributed by atoms with E-state index in [1.165, 1.54) is 0 Å². The zero-order chi connectivity index (χ0) is 14.1. The van der Waals surface area contributed by atoms with Crippen LogP contribution in [-0.4, -0.2) is 29.0 Å². The van der Waals surface area contributed by atoms with Gasteiger partial charge >= 0.3 is 6.03 Å². The molecule has 0 spiro atoms. The van der Waals surface area contributed by atoms with Crippen LogP contribution in [0.3, 0.4) is 0 Å². The first-order valence-corrected chi connectivity index (χ1v) is 7.31. The minimum Gasteiger partial charge on any atom is -0.314 e. The number of hydrogen-bond donors (Lipinski definition) is 1. The Hall–Kier alpha value is -1.82. The molecular formula is C14H16BrN4O+. The van der Waals surface area contributed by atoms with Gasteiger partial charge in [0.15, 0.2) is 5.69 Å². The summed E-state index contributed by atoms with van der Waals surface area (Å²) in [6.07, 6.45) is 1.79. The van der Waals surface area contributed by atoms with E-state index in [-0.39, 0.29) is 6.03 Å². The van der Waals surface area contributed by atoms with Gasteiger partial charge in [-0.2, -0.15) is 0 Å². The van der Waals surface area contributed by atoms with E-state index < -0.39 is 0 Å². The fourth-order valence-corrected chi connectivity index (χ4v) is 2.78. The van der Waals surface area contributed by atoms with E-state index in [9.17, 15) is 4.79 Å². The number of carbonyl (C=O) groups is 1. The van der Waals surface area contributed by atoms with Gasteiger partial charge in [-0.1, -0.05) is 22.0 Å². The SMILES string of the molecule is Cc1[nH]c[nH+]c1CN1CCN(c2cccc(Br)c2)C1=O. The summed E-state index contributed by atoms with van der Waals surface area (Å²) >= 11 is 3.44. The van der Waals surface area contributed by atoms with Crippen molar-refractivity contribution in [3.63, 3.8) is 0 Å². The smallest absolute Gasteiger partial charge is 0.314 e. The van der Waals surface area contributed by atoms with Gasteiger partial charge in [0.25, 0.3) is 0 Å². The number of rotatable bonds is 3. The number of aromatic amines is 2. The number of aryl methyl sites for hydroxylation is 1. The summed E-state index contributed by atoms with van der Waals surface area (Å²) in [5.74, 6) is 0. The number of amides is 2. The summed E-state index contributed by atoms with van der Waals surface area (Å²) in [6, 6.07) is 7.88. The van der Waals surface area contributed by atoms with Crippen LogP contribution < -0.4 is 9.88 Å². The maximum atomic E-state index is 12.5. The third kappa shape index (κ3) is 2.43. The third-order valence-corrected chi connectivity index (χ3v) is 4.04. The maximum absolute atomic E-state index is 12.5. The van der Waals surface area contributed by atoms with Gasteiger partial charge in [0, 0.05) is 30.2 Å². The van der Waals surface area contributed by atoms with Crippen LogP contribution in [0.15, 0.2) is 35.1 Å². The van der Waals surface area contributed by atoms with Crippen LogP contribution in [0.5, 0.6) is 0 Å². The molecular weight excluding hydrogens is 320 g/mol. The molecule has 0 aliphatic carbocycles. The molecule has 1 aromatic heterocycles. The average molecular weight is 336 g/mol. The highest BCUT2D eigenvalue weighted by atomic mass is 79.9. The van der Waals surface area contributed by atoms with Crippen LogP contribution in [0.4, 0.5) is 10.5 Å². The Kier molecular flexibility index (Phi) is 3.48. The van der Waals surface area contributed by atoms with Gasteiger partial charge in [0.1, 0.15) is 5.69 Å². The van der Waals surface area contributed by atoms with E-state index in [0.717, 1.165) is 34.6 Å². The molecule has 1 aliphatic heterocycles. The Balaban J connectivity index is 1.76. The molecule has 20 heavy (non-hydrogen) atoms. The summed E-state index contributed by atoms with van der Waals surface area (Å²) in [5.41, 5.74) is 3.05. The van der Waals surface area contributed by atoms with Gasteiger partial charge in [0.2, 0.25) is 6.33 Å². The normalized spacial score (nSPS) is 15.2. The first kappa shape index (κ1) is 13.2. The Morgan fingerprint density at radius 1 is 1.40 bits per heavy atom. The highest BCUT2D eigenvalue weighted by Gasteiger charge is 2.30. The Labute approximate surface area is 125 Å². The lowest BCUT2D eigenvalue weighted by Gasteiger charge is -2.18. The minimum absolute atomic E-state index is 0.0529. The van der Waals surface area contributed by atoms with Gasteiger partial charge in [-0.3, -0.25) is 4.90 Å². The zero-order valence-electron chi connectivity index (χ0n) is 11.2. The molecule has 1 fully saturated rings. The fourth-order valence-electron chi connectivity index (χ4n) is 2.39. The molecule has 0 unspecified atom stereocenters. The van der Waals surface area contributed by atoms with Crippen molar-refractivity contribution in [1.82, 2.24) is 9.88 Å². The first-order chi connectivity index (χ1) is 9.65. The molecule has 1 aliphatic rings. The van der Waals surface area contributed by atoms with Gasteiger partial charge in [-0.15, -0.1) is 0 Å². The van der Waals surface area contributed by atoms with Gasteiger partial charge in [-0.05, 0) is 18.2 Å². The fraction of sp³-hybridized carbons (Fsp3) is 0.286. The van der Waals surface area contributed by atoms with Crippen LogP contribution in [0.1, 0.15) is 11.4 Å². The molecule has 1 aromatic carbocycles. The Bertz CT molecular complexity index is 640. The molecule has 0 radical (unpaired) electrons. The number of halogens is 1. The standard InChI is InChI=1S/C14H15BrN4O/c1-10-13(17-9-16-10)8-18-5-6-19(14(18)20)12-4-2-3-11(15)7-12/h2-4,7,9H,5-6,8H2,1H3,(H,16,17)/p+1. The lowest BCUT2D eigenvalue weighted by atomic mass is 10.3. The molecule has 1 saturated heterocycles. The predicted molar refractivity (Wildman–Crippen MR) is 79.4 cm³/mol. The van der Waals surface area contributed by atoms with Crippen molar-refractivity contribution in [2.75, 3.05) is 18.0 Å². The second-order valence-corrected chi connectivity index (χ2v) is 5.79. The van der Waals surface area contributed by atoms with Gasteiger partial charge < -0.3 is 4.90 Å². The van der Waals surface area contributed by atoms with Crippen molar-refractivity contribution < 1.29 is 9.78 Å². The molecule has 0 atom stereocenters. The number of nitrogens with one attached hydrogen (secondary N) is 2. The van der Waals surface area contributed by atoms with Crippen molar-refractivity contribution in [1.29, 1.82) is 0 Å². The van der Waals surface area contributed by atoms with Gasteiger partial charge in [0.05, 0.1) is 6.54 Å². The van der Waals surface area contributed by atoms with Crippen LogP contribution >= 0.6 is 15.9 Å². The molecule has 104 valence electrons. The number of anilines is 1. The number of hydrogen-bond acceptors (Lipinski definition) is 1. The van der Waals surface area contributed by atoms with E-state index in [1.54, 1.807) is 6.33 Å². The lowest BCUT2D eigenvalue weighted by Crippen LogP contribution is -2.32. The molecule has 2 amide bonds. The second-order valence-electron chi connectivity index (χ2n) is 4.87. The Morgan fingerprint density at radius 2 is 2.25 bits per heavy atom. The van der Waals surface area contributed by atoms with Crippen molar-refractivity contribution in [3.05, 3.63) is 46.5 Å². The summed E-state index contributed by atoms with van der Waals surface area (Å²) in [7, 11) is 0. The summed E-state index contributed by atoms with van der Waals surface area (Å²) in [6.45, 7) is 4.07. The number of nitrogens with zero attached hydrogens (tertiary/aromatic N) is 2. The lowest BCUT2D eigenvalue weighted by molar-refractivity contribution is -0.389. The highest BCUT2D eigenvalue weighted by Crippen LogP contribution is 2.24. The Morgan fingerprint density at radius 3 is 2.95 bits per heavy atom. The minimum atomic E-state index is 0.0529. The van der Waals surface area contributed by atoms with E-state index in [2.05, 4.69) is 25.9 Å². The predicted octanol–water partition coefficient (Wildman–Crippen LogP) is 2.34. The number of aromatic nitrogens is 2. The molecule has 3 rings (SSSR count). The number of imidazole rings is 1. The molecule has 6 heteroatoms. The molecule has 2 N–H and O–H groups in total. The average Bonchev–Trinajstić information content (AvgIpc) is 2.98. The van der Waals surface area contributed by atoms with E-state index in [4.69, 9.17) is 0 Å². The summed E-state index contributed by atoms with van der Waals surface area (Å²) in [4.78, 5) is 22.4. The summed E-state index contributed by atoms with van der Waals surface area (Å²) < 4.78 is 0.982. The maximum Gasteiger partial charge on any atom is 0.325 e. The monoisotopic (exact) mass is 335 g/mol. The van der Waals surface area contributed by atoms with E-state index >= 15 is 0 Å². The second kappa shape index (κ2) is 5.28. The molecule has 2 heterocycles. The highest BCUT2D eigenvalue weighted by molar-refractivity contribution is 9.10. The molecule has 5 nitrogen and oxygen atoms in total. The van der Waals surface area contributed by atoms with Crippen LogP contribution in [-0.2, 0) is 6.54 Å². The largest absolute Gasteiger partial charge is 0.325 e. The molecule has 0 bridgehead atoms. The van der Waals surface area contributed by atoms with Crippen molar-refractivity contribution >= 4 is 27.6 Å². The number of H-pyrrole nitrogens is 2. The van der Waals surface area contributed by atoms with Crippen molar-refractivity contribution in [2.24, 2.45) is 0 Å². The van der Waals surface area contributed by atoms with Crippen LogP contribution in [0.25, 0.3) is 0 Å². The third-order valence-electron chi connectivity index (χ3n) is 3.55. The van der Waals surface area contributed by atoms with E-state index in [0.29, 0.717) is 6.54 Å².